The minimum absolute atomic E-state index is 0.0167. The second-order valence-corrected chi connectivity index (χ2v) is 5.30. The fourth-order valence-corrected chi connectivity index (χ4v) is 2.87. The van der Waals surface area contributed by atoms with E-state index in [2.05, 4.69) is 23.0 Å². The van der Waals surface area contributed by atoms with Crippen LogP contribution in [0.3, 0.4) is 0 Å². The molecule has 1 atom stereocenters. The highest BCUT2D eigenvalue weighted by atomic mass is 16.5. The molecule has 20 heavy (non-hydrogen) atoms. The largest absolute Gasteiger partial charge is 0.484 e. The predicted octanol–water partition coefficient (Wildman–Crippen LogP) is 3.33. The Balaban J connectivity index is 1.71. The van der Waals surface area contributed by atoms with E-state index in [1.165, 1.54) is 0 Å². The summed E-state index contributed by atoms with van der Waals surface area (Å²) in [7, 11) is 2.08. The maximum Gasteiger partial charge on any atom is 0.140 e. The van der Waals surface area contributed by atoms with Gasteiger partial charge in [0.05, 0.1) is 12.8 Å². The summed E-state index contributed by atoms with van der Waals surface area (Å²) in [5, 5.41) is 1.12. The van der Waals surface area contributed by atoms with Gasteiger partial charge in [-0.2, -0.15) is 0 Å². The van der Waals surface area contributed by atoms with Gasteiger partial charge in [0.2, 0.25) is 0 Å². The van der Waals surface area contributed by atoms with Gasteiger partial charge in [-0.1, -0.05) is 6.07 Å². The number of H-pyrrole nitrogens is 1. The van der Waals surface area contributed by atoms with E-state index in [0.717, 1.165) is 41.1 Å². The standard InChI is InChI=1S/C16H16N2O2/c1-18-9-15-12(6-8-19-15)16(10-18)20-14-4-2-3-13-11(14)5-7-17-13/h2-8,16-17H,9-10H2,1H3. The molecule has 1 N–H and O–H groups in total. The second kappa shape index (κ2) is 4.42. The Kier molecular flexibility index (Phi) is 2.57. The molecule has 1 aliphatic heterocycles. The number of likely N-dealkylation sites (N-methyl/N-ethyl adjacent to an activating group) is 1. The van der Waals surface area contributed by atoms with Gasteiger partial charge in [0.15, 0.2) is 0 Å². The molecule has 0 bridgehead atoms. The van der Waals surface area contributed by atoms with Gasteiger partial charge in [-0.15, -0.1) is 0 Å². The Morgan fingerprint density at radius 1 is 1.30 bits per heavy atom. The summed E-state index contributed by atoms with van der Waals surface area (Å²) >= 11 is 0. The number of rotatable bonds is 2. The van der Waals surface area contributed by atoms with Crippen LogP contribution >= 0.6 is 0 Å². The number of aromatic amines is 1. The topological polar surface area (TPSA) is 41.4 Å². The van der Waals surface area contributed by atoms with E-state index in [4.69, 9.17) is 9.15 Å². The first-order valence-corrected chi connectivity index (χ1v) is 6.79. The molecule has 0 fully saturated rings. The second-order valence-electron chi connectivity index (χ2n) is 5.30. The first-order chi connectivity index (χ1) is 9.81. The maximum atomic E-state index is 6.26. The van der Waals surface area contributed by atoms with E-state index < -0.39 is 0 Å². The van der Waals surface area contributed by atoms with Gasteiger partial charge < -0.3 is 14.1 Å². The van der Waals surface area contributed by atoms with Gasteiger partial charge in [0.1, 0.15) is 17.6 Å². The molecule has 1 aromatic carbocycles. The Bertz CT molecular complexity index is 744. The summed E-state index contributed by atoms with van der Waals surface area (Å²) in [6, 6.07) is 10.2. The van der Waals surface area contributed by atoms with Crippen LogP contribution in [0.25, 0.3) is 10.9 Å². The number of hydrogen-bond donors (Lipinski definition) is 1. The van der Waals surface area contributed by atoms with Crippen LogP contribution in [0.5, 0.6) is 5.75 Å². The van der Waals surface area contributed by atoms with Crippen LogP contribution in [0.4, 0.5) is 0 Å². The van der Waals surface area contributed by atoms with Crippen LogP contribution in [0.1, 0.15) is 17.4 Å². The van der Waals surface area contributed by atoms with Crippen LogP contribution in [-0.2, 0) is 6.54 Å². The van der Waals surface area contributed by atoms with Crippen molar-refractivity contribution in [3.8, 4) is 5.75 Å². The molecule has 3 heterocycles. The van der Waals surface area contributed by atoms with Crippen molar-refractivity contribution in [3.63, 3.8) is 0 Å². The number of benzene rings is 1. The van der Waals surface area contributed by atoms with E-state index >= 15 is 0 Å². The van der Waals surface area contributed by atoms with Crippen molar-refractivity contribution in [2.75, 3.05) is 13.6 Å². The number of fused-ring (bicyclic) bond motifs is 2. The zero-order valence-corrected chi connectivity index (χ0v) is 11.3. The average molecular weight is 268 g/mol. The van der Waals surface area contributed by atoms with E-state index in [-0.39, 0.29) is 6.10 Å². The first-order valence-electron chi connectivity index (χ1n) is 6.79. The zero-order valence-electron chi connectivity index (χ0n) is 11.3. The fraction of sp³-hybridized carbons (Fsp3) is 0.250. The Labute approximate surface area is 117 Å². The molecule has 0 saturated carbocycles. The lowest BCUT2D eigenvalue weighted by molar-refractivity contribution is 0.121. The van der Waals surface area contributed by atoms with Crippen LogP contribution in [0.15, 0.2) is 47.2 Å². The number of nitrogens with zero attached hydrogens (tertiary/aromatic N) is 1. The third-order valence-corrected chi connectivity index (χ3v) is 3.84. The average Bonchev–Trinajstić information content (AvgIpc) is 3.06. The quantitative estimate of drug-likeness (QED) is 0.775. The van der Waals surface area contributed by atoms with Gasteiger partial charge in [0, 0.05) is 29.2 Å². The number of ether oxygens (including phenoxy) is 1. The molecular formula is C16H16N2O2. The van der Waals surface area contributed by atoms with E-state index in [1.54, 1.807) is 6.26 Å². The van der Waals surface area contributed by atoms with Gasteiger partial charge in [0.25, 0.3) is 0 Å². The van der Waals surface area contributed by atoms with E-state index in [1.807, 2.05) is 30.5 Å². The third-order valence-electron chi connectivity index (χ3n) is 3.84. The highest BCUT2D eigenvalue weighted by Gasteiger charge is 2.27. The molecule has 0 spiro atoms. The van der Waals surface area contributed by atoms with Crippen molar-refractivity contribution in [2.45, 2.75) is 12.6 Å². The predicted molar refractivity (Wildman–Crippen MR) is 76.7 cm³/mol. The van der Waals surface area contributed by atoms with E-state index in [0.29, 0.717) is 0 Å². The number of furan rings is 1. The molecule has 4 heteroatoms. The van der Waals surface area contributed by atoms with E-state index in [9.17, 15) is 0 Å². The van der Waals surface area contributed by atoms with Crippen LogP contribution in [0, 0.1) is 0 Å². The Morgan fingerprint density at radius 2 is 2.25 bits per heavy atom. The van der Waals surface area contributed by atoms with Gasteiger partial charge in [-0.05, 0) is 31.3 Å². The van der Waals surface area contributed by atoms with Crippen molar-refractivity contribution in [1.82, 2.24) is 9.88 Å². The highest BCUT2D eigenvalue weighted by molar-refractivity contribution is 5.85. The number of aromatic nitrogens is 1. The molecule has 0 radical (unpaired) electrons. The summed E-state index contributed by atoms with van der Waals surface area (Å²) < 4.78 is 11.8. The normalized spacial score (nSPS) is 19.1. The van der Waals surface area contributed by atoms with Gasteiger partial charge in [-0.3, -0.25) is 4.90 Å². The van der Waals surface area contributed by atoms with Crippen molar-refractivity contribution < 1.29 is 9.15 Å². The van der Waals surface area contributed by atoms with Crippen molar-refractivity contribution >= 4 is 10.9 Å². The third kappa shape index (κ3) is 1.80. The molecule has 2 aromatic heterocycles. The molecule has 0 saturated heterocycles. The molecule has 0 amide bonds. The molecule has 3 aromatic rings. The molecule has 4 nitrogen and oxygen atoms in total. The summed E-state index contributed by atoms with van der Waals surface area (Å²) in [4.78, 5) is 5.43. The van der Waals surface area contributed by atoms with Gasteiger partial charge in [-0.25, -0.2) is 0 Å². The molecule has 102 valence electrons. The summed E-state index contributed by atoms with van der Waals surface area (Å²) in [6.45, 7) is 1.71. The minimum atomic E-state index is 0.0167. The van der Waals surface area contributed by atoms with Crippen molar-refractivity contribution in [3.05, 3.63) is 54.1 Å². The summed E-state index contributed by atoms with van der Waals surface area (Å²) in [6.07, 6.45) is 3.70. The smallest absolute Gasteiger partial charge is 0.140 e. The highest BCUT2D eigenvalue weighted by Crippen LogP contribution is 2.33. The lowest BCUT2D eigenvalue weighted by atomic mass is 10.1. The molecule has 0 aliphatic carbocycles. The van der Waals surface area contributed by atoms with Crippen LogP contribution < -0.4 is 4.74 Å². The molecular weight excluding hydrogens is 252 g/mol. The number of nitrogens with one attached hydrogen (secondary N) is 1. The lowest BCUT2D eigenvalue weighted by Gasteiger charge is -2.29. The molecule has 4 rings (SSSR count). The summed E-state index contributed by atoms with van der Waals surface area (Å²) in [5.74, 6) is 1.92. The molecule has 1 aliphatic rings. The zero-order chi connectivity index (χ0) is 13.5. The van der Waals surface area contributed by atoms with Crippen LogP contribution in [-0.4, -0.2) is 23.5 Å². The van der Waals surface area contributed by atoms with Crippen molar-refractivity contribution in [1.29, 1.82) is 0 Å². The van der Waals surface area contributed by atoms with Gasteiger partial charge >= 0.3 is 0 Å². The SMILES string of the molecule is CN1Cc2occc2C(Oc2cccc3[nH]ccc23)C1. The fourth-order valence-electron chi connectivity index (χ4n) is 2.87. The molecule has 1 unspecified atom stereocenters. The maximum absolute atomic E-state index is 6.26. The number of hydrogen-bond acceptors (Lipinski definition) is 3. The minimum Gasteiger partial charge on any atom is -0.484 e. The Hall–Kier alpha value is -2.20. The van der Waals surface area contributed by atoms with Crippen LogP contribution in [0.2, 0.25) is 0 Å². The lowest BCUT2D eigenvalue weighted by Crippen LogP contribution is -2.32. The van der Waals surface area contributed by atoms with Crippen molar-refractivity contribution in [2.24, 2.45) is 0 Å². The first kappa shape index (κ1) is 11.6. The summed E-state index contributed by atoms with van der Waals surface area (Å²) in [5.41, 5.74) is 2.26. The Morgan fingerprint density at radius 3 is 3.20 bits per heavy atom. The monoisotopic (exact) mass is 268 g/mol.